The van der Waals surface area contributed by atoms with Gasteiger partial charge in [0, 0.05) is 6.54 Å². The van der Waals surface area contributed by atoms with Crippen molar-refractivity contribution in [1.82, 2.24) is 0 Å². The molecule has 0 amide bonds. The first-order chi connectivity index (χ1) is 9.60. The SMILES string of the molecule is CC(C)c1cccc(OC(CN)c2cccc(F)c2)c1. The molecule has 0 saturated heterocycles. The Morgan fingerprint density at radius 2 is 1.75 bits per heavy atom. The highest BCUT2D eigenvalue weighted by molar-refractivity contribution is 5.31. The van der Waals surface area contributed by atoms with Crippen LogP contribution in [0.1, 0.15) is 37.0 Å². The normalized spacial score (nSPS) is 12.4. The van der Waals surface area contributed by atoms with Crippen LogP contribution in [0.15, 0.2) is 48.5 Å². The molecule has 0 aromatic heterocycles. The van der Waals surface area contributed by atoms with E-state index in [0.717, 1.165) is 11.3 Å². The highest BCUT2D eigenvalue weighted by Gasteiger charge is 2.12. The molecule has 2 aromatic rings. The summed E-state index contributed by atoms with van der Waals surface area (Å²) in [6.45, 7) is 4.56. The molecule has 2 aromatic carbocycles. The quantitative estimate of drug-likeness (QED) is 0.892. The molecule has 0 bridgehead atoms. The lowest BCUT2D eigenvalue weighted by Gasteiger charge is -2.19. The third-order valence-electron chi connectivity index (χ3n) is 3.24. The van der Waals surface area contributed by atoms with Crippen molar-refractivity contribution < 1.29 is 9.13 Å². The highest BCUT2D eigenvalue weighted by Crippen LogP contribution is 2.25. The molecule has 1 atom stereocenters. The Kier molecular flexibility index (Phi) is 4.74. The first kappa shape index (κ1) is 14.5. The van der Waals surface area contributed by atoms with E-state index in [1.807, 2.05) is 24.3 Å². The Morgan fingerprint density at radius 3 is 2.40 bits per heavy atom. The second-order valence-electron chi connectivity index (χ2n) is 5.12. The Bertz CT molecular complexity index is 568. The second-order valence-corrected chi connectivity index (χ2v) is 5.12. The molecule has 0 aliphatic rings. The van der Waals surface area contributed by atoms with Gasteiger partial charge in [-0.3, -0.25) is 0 Å². The van der Waals surface area contributed by atoms with Gasteiger partial charge in [-0.05, 0) is 41.3 Å². The summed E-state index contributed by atoms with van der Waals surface area (Å²) < 4.78 is 19.2. The zero-order chi connectivity index (χ0) is 14.5. The van der Waals surface area contributed by atoms with Crippen molar-refractivity contribution in [3.05, 3.63) is 65.5 Å². The van der Waals surface area contributed by atoms with E-state index in [4.69, 9.17) is 10.5 Å². The minimum atomic E-state index is -0.340. The van der Waals surface area contributed by atoms with Crippen molar-refractivity contribution in [2.75, 3.05) is 6.54 Å². The molecule has 0 heterocycles. The minimum absolute atomic E-state index is 0.277. The van der Waals surface area contributed by atoms with Crippen LogP contribution in [0.3, 0.4) is 0 Å². The average Bonchev–Trinajstić information content (AvgIpc) is 2.45. The van der Waals surface area contributed by atoms with Gasteiger partial charge >= 0.3 is 0 Å². The molecule has 2 N–H and O–H groups in total. The summed E-state index contributed by atoms with van der Waals surface area (Å²) in [5.74, 6) is 0.917. The number of nitrogens with two attached hydrogens (primary N) is 1. The van der Waals surface area contributed by atoms with E-state index in [2.05, 4.69) is 19.9 Å². The van der Waals surface area contributed by atoms with E-state index in [0.29, 0.717) is 12.5 Å². The van der Waals surface area contributed by atoms with Crippen molar-refractivity contribution >= 4 is 0 Å². The topological polar surface area (TPSA) is 35.2 Å². The zero-order valence-electron chi connectivity index (χ0n) is 11.8. The van der Waals surface area contributed by atoms with Crippen LogP contribution in [0.2, 0.25) is 0 Å². The molecule has 0 aliphatic heterocycles. The van der Waals surface area contributed by atoms with E-state index in [1.54, 1.807) is 6.07 Å². The van der Waals surface area contributed by atoms with Gasteiger partial charge in [-0.2, -0.15) is 0 Å². The van der Waals surface area contributed by atoms with E-state index in [-0.39, 0.29) is 11.9 Å². The molecule has 0 aliphatic carbocycles. The predicted molar refractivity (Wildman–Crippen MR) is 79.4 cm³/mol. The zero-order valence-corrected chi connectivity index (χ0v) is 11.8. The Balaban J connectivity index is 2.20. The summed E-state index contributed by atoms with van der Waals surface area (Å²) in [6, 6.07) is 14.3. The molecular weight excluding hydrogens is 253 g/mol. The third kappa shape index (κ3) is 3.58. The summed E-state index contributed by atoms with van der Waals surface area (Å²) in [6.07, 6.45) is -0.340. The molecule has 2 rings (SSSR count). The van der Waals surface area contributed by atoms with E-state index >= 15 is 0 Å². The Labute approximate surface area is 119 Å². The minimum Gasteiger partial charge on any atom is -0.484 e. The van der Waals surface area contributed by atoms with Gasteiger partial charge in [0.05, 0.1) is 0 Å². The van der Waals surface area contributed by atoms with Crippen LogP contribution in [0.25, 0.3) is 0 Å². The van der Waals surface area contributed by atoms with Crippen molar-refractivity contribution in [1.29, 1.82) is 0 Å². The molecular formula is C17H20FNO. The largest absolute Gasteiger partial charge is 0.484 e. The smallest absolute Gasteiger partial charge is 0.136 e. The van der Waals surface area contributed by atoms with Crippen LogP contribution in [0.5, 0.6) is 5.75 Å². The van der Waals surface area contributed by atoms with Gasteiger partial charge in [0.1, 0.15) is 17.7 Å². The number of hydrogen-bond acceptors (Lipinski definition) is 2. The number of benzene rings is 2. The number of rotatable bonds is 5. The summed E-state index contributed by atoms with van der Waals surface area (Å²) in [7, 11) is 0. The van der Waals surface area contributed by atoms with Crippen LogP contribution in [0, 0.1) is 5.82 Å². The number of ether oxygens (including phenoxy) is 1. The van der Waals surface area contributed by atoms with E-state index < -0.39 is 0 Å². The van der Waals surface area contributed by atoms with Crippen LogP contribution < -0.4 is 10.5 Å². The van der Waals surface area contributed by atoms with Crippen molar-refractivity contribution in [2.45, 2.75) is 25.9 Å². The molecule has 0 spiro atoms. The van der Waals surface area contributed by atoms with Crippen LogP contribution in [-0.4, -0.2) is 6.54 Å². The van der Waals surface area contributed by atoms with Gasteiger partial charge in [0.2, 0.25) is 0 Å². The van der Waals surface area contributed by atoms with E-state index in [1.165, 1.54) is 17.7 Å². The maximum absolute atomic E-state index is 13.3. The molecule has 1 unspecified atom stereocenters. The van der Waals surface area contributed by atoms with Gasteiger partial charge in [-0.1, -0.05) is 38.1 Å². The maximum atomic E-state index is 13.3. The monoisotopic (exact) mass is 273 g/mol. The van der Waals surface area contributed by atoms with Crippen LogP contribution in [0.4, 0.5) is 4.39 Å². The van der Waals surface area contributed by atoms with Crippen LogP contribution >= 0.6 is 0 Å². The first-order valence-corrected chi connectivity index (χ1v) is 6.82. The molecule has 3 heteroatoms. The fourth-order valence-corrected chi connectivity index (χ4v) is 2.07. The number of halogens is 1. The predicted octanol–water partition coefficient (Wildman–Crippen LogP) is 4.03. The Morgan fingerprint density at radius 1 is 1.05 bits per heavy atom. The van der Waals surface area contributed by atoms with Crippen molar-refractivity contribution in [2.24, 2.45) is 5.73 Å². The van der Waals surface area contributed by atoms with Gasteiger partial charge in [0.25, 0.3) is 0 Å². The fraction of sp³-hybridized carbons (Fsp3) is 0.294. The van der Waals surface area contributed by atoms with Gasteiger partial charge in [0.15, 0.2) is 0 Å². The van der Waals surface area contributed by atoms with Gasteiger partial charge < -0.3 is 10.5 Å². The summed E-state index contributed by atoms with van der Waals surface area (Å²) >= 11 is 0. The molecule has 106 valence electrons. The number of hydrogen-bond donors (Lipinski definition) is 1. The first-order valence-electron chi connectivity index (χ1n) is 6.82. The molecule has 2 nitrogen and oxygen atoms in total. The lowest BCUT2D eigenvalue weighted by atomic mass is 10.0. The maximum Gasteiger partial charge on any atom is 0.136 e. The lowest BCUT2D eigenvalue weighted by molar-refractivity contribution is 0.213. The van der Waals surface area contributed by atoms with E-state index in [9.17, 15) is 4.39 Å². The lowest BCUT2D eigenvalue weighted by Crippen LogP contribution is -2.18. The molecule has 0 saturated carbocycles. The summed E-state index contributed by atoms with van der Waals surface area (Å²) in [4.78, 5) is 0. The molecule has 20 heavy (non-hydrogen) atoms. The molecule has 0 radical (unpaired) electrons. The van der Waals surface area contributed by atoms with Crippen molar-refractivity contribution in [3.63, 3.8) is 0 Å². The van der Waals surface area contributed by atoms with Gasteiger partial charge in [-0.25, -0.2) is 4.39 Å². The van der Waals surface area contributed by atoms with Crippen LogP contribution in [-0.2, 0) is 0 Å². The summed E-state index contributed by atoms with van der Waals surface area (Å²) in [5.41, 5.74) is 7.71. The molecule has 0 fully saturated rings. The summed E-state index contributed by atoms with van der Waals surface area (Å²) in [5, 5.41) is 0. The average molecular weight is 273 g/mol. The Hall–Kier alpha value is -1.87. The third-order valence-corrected chi connectivity index (χ3v) is 3.24. The fourth-order valence-electron chi connectivity index (χ4n) is 2.07. The van der Waals surface area contributed by atoms with Gasteiger partial charge in [-0.15, -0.1) is 0 Å². The standard InChI is InChI=1S/C17H20FNO/c1-12(2)13-5-4-8-16(10-13)20-17(11-19)14-6-3-7-15(18)9-14/h3-10,12,17H,11,19H2,1-2H3. The second kappa shape index (κ2) is 6.53. The highest BCUT2D eigenvalue weighted by atomic mass is 19.1. The van der Waals surface area contributed by atoms with Crippen molar-refractivity contribution in [3.8, 4) is 5.75 Å².